The van der Waals surface area contributed by atoms with Crippen molar-refractivity contribution in [2.24, 2.45) is 5.73 Å². The maximum atomic E-state index is 13.8. The summed E-state index contributed by atoms with van der Waals surface area (Å²) >= 11 is 6.60. The van der Waals surface area contributed by atoms with E-state index in [1.165, 1.54) is 10.8 Å². The zero-order valence-electron chi connectivity index (χ0n) is 10.4. The molecule has 5 heteroatoms. The molecule has 1 heterocycles. The number of benzene rings is 2. The van der Waals surface area contributed by atoms with Gasteiger partial charge in [0.05, 0.1) is 11.3 Å². The van der Waals surface area contributed by atoms with Gasteiger partial charge in [0.15, 0.2) is 0 Å². The lowest BCUT2D eigenvalue weighted by atomic mass is 10.1. The lowest BCUT2D eigenvalue weighted by Crippen LogP contribution is -2.14. The fraction of sp³-hybridized carbons (Fsp3) is 0. The van der Waals surface area contributed by atoms with Crippen LogP contribution in [0.15, 0.2) is 47.8 Å². The van der Waals surface area contributed by atoms with Crippen molar-refractivity contribution in [3.05, 3.63) is 59.2 Å². The molecule has 0 amide bonds. The molecule has 2 aromatic carbocycles. The minimum absolute atomic E-state index is 0.0437. The van der Waals surface area contributed by atoms with Crippen LogP contribution >= 0.6 is 23.6 Å². The van der Waals surface area contributed by atoms with Crippen LogP contribution in [0.25, 0.3) is 10.1 Å². The summed E-state index contributed by atoms with van der Waals surface area (Å²) in [5, 5.41) is 6.36. The molecular formula is C15H11FN2S2. The molecule has 0 saturated carbocycles. The topological polar surface area (TPSA) is 38.0 Å². The highest BCUT2D eigenvalue weighted by Gasteiger charge is 2.11. The van der Waals surface area contributed by atoms with Crippen molar-refractivity contribution in [1.82, 2.24) is 0 Å². The van der Waals surface area contributed by atoms with Crippen LogP contribution < -0.4 is 11.1 Å². The molecule has 0 saturated heterocycles. The normalized spacial score (nSPS) is 10.7. The second kappa shape index (κ2) is 5.19. The van der Waals surface area contributed by atoms with Crippen LogP contribution in [-0.4, -0.2) is 4.99 Å². The van der Waals surface area contributed by atoms with Gasteiger partial charge in [-0.1, -0.05) is 18.3 Å². The maximum absolute atomic E-state index is 13.8. The smallest absolute Gasteiger partial charge is 0.135 e. The van der Waals surface area contributed by atoms with Crippen molar-refractivity contribution in [1.29, 1.82) is 0 Å². The van der Waals surface area contributed by atoms with Gasteiger partial charge in [-0.15, -0.1) is 11.3 Å². The molecule has 0 fully saturated rings. The Morgan fingerprint density at radius 3 is 2.85 bits per heavy atom. The van der Waals surface area contributed by atoms with E-state index >= 15 is 0 Å². The summed E-state index contributed by atoms with van der Waals surface area (Å²) in [6.45, 7) is 0. The monoisotopic (exact) mass is 302 g/mol. The summed E-state index contributed by atoms with van der Waals surface area (Å²) < 4.78 is 15.0. The van der Waals surface area contributed by atoms with E-state index in [4.69, 9.17) is 18.0 Å². The van der Waals surface area contributed by atoms with Gasteiger partial charge in [-0.3, -0.25) is 0 Å². The predicted octanol–water partition coefficient (Wildman–Crippen LogP) is 4.42. The number of hydrogen-bond acceptors (Lipinski definition) is 3. The third-order valence-electron chi connectivity index (χ3n) is 2.99. The molecule has 0 spiro atoms. The molecule has 0 radical (unpaired) electrons. The Bertz CT molecular complexity index is 795. The first-order valence-corrected chi connectivity index (χ1v) is 7.26. The van der Waals surface area contributed by atoms with Gasteiger partial charge in [0.2, 0.25) is 0 Å². The summed E-state index contributed by atoms with van der Waals surface area (Å²) in [5.74, 6) is -0.417. The summed E-state index contributed by atoms with van der Waals surface area (Å²) in [6, 6.07) is 12.8. The first-order valence-electron chi connectivity index (χ1n) is 5.98. The molecule has 100 valence electrons. The molecule has 20 heavy (non-hydrogen) atoms. The van der Waals surface area contributed by atoms with E-state index in [0.717, 1.165) is 11.1 Å². The first-order chi connectivity index (χ1) is 9.65. The third-order valence-corrected chi connectivity index (χ3v) is 4.09. The number of nitrogens with two attached hydrogens (primary N) is 1. The van der Waals surface area contributed by atoms with Crippen LogP contribution in [0.4, 0.5) is 15.8 Å². The number of halogens is 1. The molecule has 3 aromatic rings. The quantitative estimate of drug-likeness (QED) is 0.703. The Hall–Kier alpha value is -1.98. The molecule has 0 aliphatic carbocycles. The Morgan fingerprint density at radius 2 is 2.05 bits per heavy atom. The molecule has 3 rings (SSSR count). The molecule has 2 nitrogen and oxygen atoms in total. The molecule has 3 N–H and O–H groups in total. The van der Waals surface area contributed by atoms with Crippen molar-refractivity contribution in [3.63, 3.8) is 0 Å². The van der Waals surface area contributed by atoms with Crippen LogP contribution in [0.5, 0.6) is 0 Å². The van der Waals surface area contributed by atoms with Crippen LogP contribution in [-0.2, 0) is 0 Å². The van der Waals surface area contributed by atoms with Crippen molar-refractivity contribution < 1.29 is 4.39 Å². The lowest BCUT2D eigenvalue weighted by Gasteiger charge is -2.12. The summed E-state index contributed by atoms with van der Waals surface area (Å²) in [5.41, 5.74) is 7.29. The van der Waals surface area contributed by atoms with Gasteiger partial charge in [0.25, 0.3) is 0 Å². The van der Waals surface area contributed by atoms with E-state index < -0.39 is 5.82 Å². The molecule has 0 bridgehead atoms. The first kappa shape index (κ1) is 13.0. The number of thiocarbonyl (C=S) groups is 1. The van der Waals surface area contributed by atoms with Crippen molar-refractivity contribution in [2.45, 2.75) is 0 Å². The van der Waals surface area contributed by atoms with Gasteiger partial charge >= 0.3 is 0 Å². The third kappa shape index (κ3) is 2.37. The summed E-state index contributed by atoms with van der Waals surface area (Å²) in [7, 11) is 0. The highest BCUT2D eigenvalue weighted by Crippen LogP contribution is 2.28. The molecular weight excluding hydrogens is 291 g/mol. The largest absolute Gasteiger partial charge is 0.389 e. The van der Waals surface area contributed by atoms with Crippen LogP contribution in [0.2, 0.25) is 0 Å². The second-order valence-corrected chi connectivity index (χ2v) is 5.71. The minimum atomic E-state index is -0.417. The molecule has 0 unspecified atom stereocenters. The van der Waals surface area contributed by atoms with Crippen LogP contribution in [0, 0.1) is 5.82 Å². The van der Waals surface area contributed by atoms with E-state index in [2.05, 4.69) is 5.32 Å². The predicted molar refractivity (Wildman–Crippen MR) is 87.4 cm³/mol. The van der Waals surface area contributed by atoms with Gasteiger partial charge < -0.3 is 11.1 Å². The van der Waals surface area contributed by atoms with E-state index in [9.17, 15) is 4.39 Å². The van der Waals surface area contributed by atoms with Gasteiger partial charge in [0, 0.05) is 10.4 Å². The SMILES string of the molecule is NC(=S)c1c(F)cccc1Nc1ccc2sccc2c1. The van der Waals surface area contributed by atoms with Crippen molar-refractivity contribution in [3.8, 4) is 0 Å². The number of nitrogens with one attached hydrogen (secondary N) is 1. The van der Waals surface area contributed by atoms with Gasteiger partial charge in [-0.05, 0) is 47.2 Å². The van der Waals surface area contributed by atoms with E-state index in [-0.39, 0.29) is 10.6 Å². The number of thiophene rings is 1. The standard InChI is InChI=1S/C15H11FN2S2/c16-11-2-1-3-12(14(11)15(17)19)18-10-4-5-13-9(8-10)6-7-20-13/h1-8,18H,(H2,17,19). The fourth-order valence-corrected chi connectivity index (χ4v) is 3.06. The van der Waals surface area contributed by atoms with Gasteiger partial charge in [-0.2, -0.15) is 0 Å². The van der Waals surface area contributed by atoms with Crippen LogP contribution in [0.1, 0.15) is 5.56 Å². The summed E-state index contributed by atoms with van der Waals surface area (Å²) in [6.07, 6.45) is 0. The number of anilines is 2. The van der Waals surface area contributed by atoms with Gasteiger partial charge in [-0.25, -0.2) is 4.39 Å². The average molecular weight is 302 g/mol. The Morgan fingerprint density at radius 1 is 1.20 bits per heavy atom. The van der Waals surface area contributed by atoms with E-state index in [1.807, 2.05) is 29.6 Å². The number of hydrogen-bond donors (Lipinski definition) is 2. The van der Waals surface area contributed by atoms with Gasteiger partial charge in [0.1, 0.15) is 10.8 Å². The number of fused-ring (bicyclic) bond motifs is 1. The van der Waals surface area contributed by atoms with Crippen molar-refractivity contribution >= 4 is 50.0 Å². The highest BCUT2D eigenvalue weighted by molar-refractivity contribution is 7.80. The Balaban J connectivity index is 2.02. The lowest BCUT2D eigenvalue weighted by molar-refractivity contribution is 0.626. The Kier molecular flexibility index (Phi) is 3.38. The van der Waals surface area contributed by atoms with E-state index in [0.29, 0.717) is 5.69 Å². The molecule has 0 aliphatic rings. The molecule has 0 atom stereocenters. The minimum Gasteiger partial charge on any atom is -0.389 e. The zero-order chi connectivity index (χ0) is 14.1. The fourth-order valence-electron chi connectivity index (χ4n) is 2.08. The van der Waals surface area contributed by atoms with E-state index in [1.54, 1.807) is 23.5 Å². The molecule has 1 aromatic heterocycles. The number of rotatable bonds is 3. The second-order valence-electron chi connectivity index (χ2n) is 4.32. The summed E-state index contributed by atoms with van der Waals surface area (Å²) in [4.78, 5) is 0.0437. The Labute approximate surface area is 125 Å². The highest BCUT2D eigenvalue weighted by atomic mass is 32.1. The maximum Gasteiger partial charge on any atom is 0.135 e. The molecule has 0 aliphatic heterocycles. The van der Waals surface area contributed by atoms with Crippen molar-refractivity contribution in [2.75, 3.05) is 5.32 Å². The zero-order valence-corrected chi connectivity index (χ0v) is 12.0. The average Bonchev–Trinajstić information content (AvgIpc) is 2.85. The van der Waals surface area contributed by atoms with Crippen LogP contribution in [0.3, 0.4) is 0 Å².